The first-order chi connectivity index (χ1) is 8.25. The Bertz CT molecular complexity index is 255. The third kappa shape index (κ3) is 4.07. The molecular formula is C14H25NO2. The van der Waals surface area contributed by atoms with Crippen LogP contribution in [-0.4, -0.2) is 43.0 Å². The Kier molecular flexibility index (Phi) is 4.99. The maximum absolute atomic E-state index is 12.0. The summed E-state index contributed by atoms with van der Waals surface area (Å²) >= 11 is 0. The van der Waals surface area contributed by atoms with Gasteiger partial charge in [-0.15, -0.1) is 0 Å². The highest BCUT2D eigenvalue weighted by atomic mass is 16.5. The van der Waals surface area contributed by atoms with Crippen LogP contribution < -0.4 is 0 Å². The van der Waals surface area contributed by atoms with Gasteiger partial charge in [0, 0.05) is 38.6 Å². The van der Waals surface area contributed by atoms with Crippen LogP contribution in [0.5, 0.6) is 0 Å². The number of hydrogen-bond acceptors (Lipinski definition) is 3. The van der Waals surface area contributed by atoms with Crippen LogP contribution in [0.1, 0.15) is 45.4 Å². The number of ketones is 1. The van der Waals surface area contributed by atoms with Crippen molar-refractivity contribution in [2.24, 2.45) is 5.92 Å². The largest absolute Gasteiger partial charge is 0.377 e. The lowest BCUT2D eigenvalue weighted by molar-refractivity contribution is -0.123. The molecule has 17 heavy (non-hydrogen) atoms. The quantitative estimate of drug-likeness (QED) is 0.692. The fraction of sp³-hybridized carbons (Fsp3) is 0.929. The zero-order chi connectivity index (χ0) is 12.1. The van der Waals surface area contributed by atoms with Gasteiger partial charge in [-0.2, -0.15) is 0 Å². The topological polar surface area (TPSA) is 29.5 Å². The summed E-state index contributed by atoms with van der Waals surface area (Å²) in [6, 6.07) is 0. The van der Waals surface area contributed by atoms with Crippen LogP contribution >= 0.6 is 0 Å². The number of ether oxygens (including phenoxy) is 1. The van der Waals surface area contributed by atoms with Crippen LogP contribution in [0.4, 0.5) is 0 Å². The van der Waals surface area contributed by atoms with Crippen molar-refractivity contribution >= 4 is 5.78 Å². The Hall–Kier alpha value is -0.410. The van der Waals surface area contributed by atoms with Gasteiger partial charge in [0.25, 0.3) is 0 Å². The summed E-state index contributed by atoms with van der Waals surface area (Å²) in [4.78, 5) is 14.4. The van der Waals surface area contributed by atoms with Crippen molar-refractivity contribution in [1.29, 1.82) is 0 Å². The Morgan fingerprint density at radius 2 is 2.18 bits per heavy atom. The minimum absolute atomic E-state index is 0.294. The van der Waals surface area contributed by atoms with Gasteiger partial charge in [-0.25, -0.2) is 0 Å². The molecule has 0 spiro atoms. The summed E-state index contributed by atoms with van der Waals surface area (Å²) < 4.78 is 5.65. The molecule has 0 radical (unpaired) electrons. The third-order valence-electron chi connectivity index (χ3n) is 3.95. The molecule has 0 N–H and O–H groups in total. The first kappa shape index (κ1) is 13.0. The Morgan fingerprint density at radius 3 is 3.06 bits per heavy atom. The van der Waals surface area contributed by atoms with Gasteiger partial charge >= 0.3 is 0 Å². The van der Waals surface area contributed by atoms with E-state index in [0.717, 1.165) is 51.9 Å². The van der Waals surface area contributed by atoms with E-state index in [2.05, 4.69) is 11.8 Å². The number of carbonyl (C=O) groups excluding carboxylic acids is 1. The summed E-state index contributed by atoms with van der Waals surface area (Å²) in [6.45, 7) is 6.05. The number of Topliss-reactive ketones (excluding diaryl/α,β-unsaturated/α-hetero) is 1. The van der Waals surface area contributed by atoms with Crippen LogP contribution in [0, 0.1) is 5.92 Å². The second-order valence-corrected chi connectivity index (χ2v) is 5.56. The van der Waals surface area contributed by atoms with E-state index in [9.17, 15) is 4.79 Å². The Morgan fingerprint density at radius 1 is 1.29 bits per heavy atom. The lowest BCUT2D eigenvalue weighted by Crippen LogP contribution is -2.36. The maximum atomic E-state index is 12.0. The monoisotopic (exact) mass is 239 g/mol. The lowest BCUT2D eigenvalue weighted by Gasteiger charge is -2.25. The highest BCUT2D eigenvalue weighted by molar-refractivity contribution is 5.81. The van der Waals surface area contributed by atoms with Gasteiger partial charge in [0.05, 0.1) is 6.10 Å². The molecular weight excluding hydrogens is 214 g/mol. The minimum Gasteiger partial charge on any atom is -0.377 e. The molecule has 0 bridgehead atoms. The van der Waals surface area contributed by atoms with Gasteiger partial charge in [0.1, 0.15) is 5.78 Å². The summed E-state index contributed by atoms with van der Waals surface area (Å²) in [5, 5.41) is 0. The van der Waals surface area contributed by atoms with Crippen molar-refractivity contribution in [1.82, 2.24) is 4.90 Å². The van der Waals surface area contributed by atoms with E-state index >= 15 is 0 Å². The van der Waals surface area contributed by atoms with Crippen LogP contribution in [0.2, 0.25) is 0 Å². The molecule has 2 unspecified atom stereocenters. The first-order valence-electron chi connectivity index (χ1n) is 7.12. The molecule has 3 heteroatoms. The van der Waals surface area contributed by atoms with Crippen LogP contribution in [0.15, 0.2) is 0 Å². The molecule has 2 aliphatic rings. The van der Waals surface area contributed by atoms with Gasteiger partial charge in [0.15, 0.2) is 0 Å². The van der Waals surface area contributed by atoms with Crippen molar-refractivity contribution in [2.45, 2.75) is 51.6 Å². The molecule has 98 valence electrons. The normalized spacial score (nSPS) is 33.1. The van der Waals surface area contributed by atoms with E-state index in [1.165, 1.54) is 12.8 Å². The summed E-state index contributed by atoms with van der Waals surface area (Å²) in [6.07, 6.45) is 6.91. The molecule has 2 fully saturated rings. The van der Waals surface area contributed by atoms with Gasteiger partial charge in [-0.1, -0.05) is 12.8 Å². The predicted octanol–water partition coefficient (Wildman–Crippen LogP) is 2.25. The number of hydrogen-bond donors (Lipinski definition) is 0. The second-order valence-electron chi connectivity index (χ2n) is 5.56. The summed E-state index contributed by atoms with van der Waals surface area (Å²) in [5.41, 5.74) is 0. The minimum atomic E-state index is 0.294. The van der Waals surface area contributed by atoms with Gasteiger partial charge in [-0.05, 0) is 26.2 Å². The zero-order valence-electron chi connectivity index (χ0n) is 11.0. The molecule has 1 saturated heterocycles. The zero-order valence-corrected chi connectivity index (χ0v) is 11.0. The van der Waals surface area contributed by atoms with Crippen molar-refractivity contribution in [3.63, 3.8) is 0 Å². The van der Waals surface area contributed by atoms with Crippen molar-refractivity contribution in [2.75, 3.05) is 26.2 Å². The van der Waals surface area contributed by atoms with E-state index in [4.69, 9.17) is 4.74 Å². The molecule has 1 aliphatic heterocycles. The maximum Gasteiger partial charge on any atom is 0.137 e. The first-order valence-corrected chi connectivity index (χ1v) is 7.12. The van der Waals surface area contributed by atoms with E-state index < -0.39 is 0 Å². The molecule has 3 nitrogen and oxygen atoms in total. The van der Waals surface area contributed by atoms with Crippen LogP contribution in [0.25, 0.3) is 0 Å². The van der Waals surface area contributed by atoms with E-state index in [0.29, 0.717) is 17.8 Å². The predicted molar refractivity (Wildman–Crippen MR) is 68.1 cm³/mol. The third-order valence-corrected chi connectivity index (χ3v) is 3.95. The lowest BCUT2D eigenvalue weighted by atomic mass is 9.98. The van der Waals surface area contributed by atoms with Crippen LogP contribution in [-0.2, 0) is 9.53 Å². The van der Waals surface area contributed by atoms with Crippen LogP contribution in [0.3, 0.4) is 0 Å². The van der Waals surface area contributed by atoms with Gasteiger partial charge < -0.3 is 4.74 Å². The average Bonchev–Trinajstić information content (AvgIpc) is 2.61. The molecule has 0 aromatic heterocycles. The van der Waals surface area contributed by atoms with Gasteiger partial charge in [-0.3, -0.25) is 9.69 Å². The Balaban J connectivity index is 1.86. The van der Waals surface area contributed by atoms with Crippen molar-refractivity contribution in [3.05, 3.63) is 0 Å². The van der Waals surface area contributed by atoms with Crippen molar-refractivity contribution < 1.29 is 9.53 Å². The molecule has 1 saturated carbocycles. The fourth-order valence-electron chi connectivity index (χ4n) is 2.98. The number of carbonyl (C=O) groups is 1. The van der Waals surface area contributed by atoms with E-state index in [-0.39, 0.29) is 0 Å². The second kappa shape index (κ2) is 6.50. The van der Waals surface area contributed by atoms with Crippen molar-refractivity contribution in [3.8, 4) is 0 Å². The molecule has 0 aromatic rings. The average molecular weight is 239 g/mol. The van der Waals surface area contributed by atoms with Gasteiger partial charge in [0.2, 0.25) is 0 Å². The molecule has 2 rings (SSSR count). The number of nitrogens with zero attached hydrogens (tertiary/aromatic N) is 1. The highest BCUT2D eigenvalue weighted by Crippen LogP contribution is 2.21. The molecule has 1 heterocycles. The molecule has 0 amide bonds. The smallest absolute Gasteiger partial charge is 0.137 e. The molecule has 1 aliphatic carbocycles. The van der Waals surface area contributed by atoms with E-state index in [1.54, 1.807) is 0 Å². The molecule has 0 aromatic carbocycles. The van der Waals surface area contributed by atoms with E-state index in [1.807, 2.05) is 0 Å². The number of rotatable bonds is 2. The molecule has 2 atom stereocenters. The summed E-state index contributed by atoms with van der Waals surface area (Å²) in [7, 11) is 0. The highest BCUT2D eigenvalue weighted by Gasteiger charge is 2.24. The fourth-order valence-corrected chi connectivity index (χ4v) is 2.98. The SMILES string of the molecule is CC1CN(CC2CCCCCC2=O)CCCO1. The summed E-state index contributed by atoms with van der Waals surface area (Å²) in [5.74, 6) is 0.795. The standard InChI is InChI=1S/C14H25NO2/c1-12-10-15(8-5-9-17-12)11-13-6-3-2-4-7-14(13)16/h12-13H,2-11H2,1H3. The Labute approximate surface area is 105 Å².